The summed E-state index contributed by atoms with van der Waals surface area (Å²) in [6.07, 6.45) is 1.54. The Kier molecular flexibility index (Phi) is 3.39. The third kappa shape index (κ3) is 2.56. The van der Waals surface area contributed by atoms with Crippen LogP contribution in [0.2, 0.25) is 0 Å². The van der Waals surface area contributed by atoms with Gasteiger partial charge in [0.2, 0.25) is 5.55 Å². The summed E-state index contributed by atoms with van der Waals surface area (Å²) >= 11 is 1.24. The molecule has 0 aliphatic heterocycles. The van der Waals surface area contributed by atoms with Crippen LogP contribution in [-0.2, 0) is 0 Å². The van der Waals surface area contributed by atoms with Crippen LogP contribution in [0.3, 0.4) is 0 Å². The highest BCUT2D eigenvalue weighted by atomic mass is 32.1. The summed E-state index contributed by atoms with van der Waals surface area (Å²) in [6.45, 7) is 0. The van der Waals surface area contributed by atoms with Gasteiger partial charge in [0.1, 0.15) is 11.1 Å². The van der Waals surface area contributed by atoms with Gasteiger partial charge >= 0.3 is 0 Å². The molecular weight excluding hydrogens is 308 g/mol. The van der Waals surface area contributed by atoms with Crippen LogP contribution in [0.4, 0.5) is 10.8 Å². The van der Waals surface area contributed by atoms with E-state index in [1.165, 1.54) is 41.8 Å². The maximum Gasteiger partial charge on any atom is 0.270 e. The van der Waals surface area contributed by atoms with E-state index in [9.17, 15) is 14.9 Å². The monoisotopic (exact) mass is 316 g/mol. The van der Waals surface area contributed by atoms with E-state index < -0.39 is 10.8 Å². The van der Waals surface area contributed by atoms with E-state index in [-0.39, 0.29) is 16.8 Å². The van der Waals surface area contributed by atoms with Gasteiger partial charge in [-0.05, 0) is 12.1 Å². The van der Waals surface area contributed by atoms with E-state index in [0.29, 0.717) is 16.1 Å². The van der Waals surface area contributed by atoms with Crippen molar-refractivity contribution in [1.82, 2.24) is 4.98 Å². The van der Waals surface area contributed by atoms with Crippen LogP contribution >= 0.6 is 11.3 Å². The zero-order valence-corrected chi connectivity index (χ0v) is 11.7. The smallest absolute Gasteiger partial charge is 0.270 e. The number of rotatable bonds is 3. The number of anilines is 1. The fraction of sp³-hybridized carbons (Fsp3) is 0. The molecule has 110 valence electrons. The van der Waals surface area contributed by atoms with Crippen molar-refractivity contribution in [2.45, 2.75) is 0 Å². The predicted octanol–water partition coefficient (Wildman–Crippen LogP) is 2.53. The summed E-state index contributed by atoms with van der Waals surface area (Å²) in [5.41, 5.74) is -0.174. The number of carbonyl (C=O) groups excluding carboxylic acids is 1. The number of hydrogen-bond acceptors (Lipinski definition) is 7. The molecular formula is C13H8N4O4S. The van der Waals surface area contributed by atoms with Crippen LogP contribution in [0.1, 0.15) is 10.4 Å². The number of aromatic nitrogens is 1. The van der Waals surface area contributed by atoms with Crippen molar-refractivity contribution >= 4 is 39.0 Å². The van der Waals surface area contributed by atoms with Gasteiger partial charge in [0.05, 0.1) is 4.92 Å². The molecule has 0 aliphatic rings. The molecule has 0 saturated carbocycles. The highest BCUT2D eigenvalue weighted by Gasteiger charge is 2.14. The Labute approximate surface area is 126 Å². The number of fused-ring (bicyclic) bond motifs is 1. The minimum Gasteiger partial charge on any atom is -0.438 e. The van der Waals surface area contributed by atoms with Crippen molar-refractivity contribution in [2.75, 3.05) is 5.32 Å². The van der Waals surface area contributed by atoms with Crippen LogP contribution in [0, 0.1) is 15.5 Å². The van der Waals surface area contributed by atoms with Crippen LogP contribution in [0.15, 0.2) is 40.3 Å². The number of nitrogens with one attached hydrogen (secondary N) is 2. The van der Waals surface area contributed by atoms with Crippen molar-refractivity contribution in [3.8, 4) is 0 Å². The second-order valence-electron chi connectivity index (χ2n) is 4.26. The number of thiazole rings is 1. The van der Waals surface area contributed by atoms with E-state index in [0.717, 1.165) is 0 Å². The van der Waals surface area contributed by atoms with Crippen molar-refractivity contribution in [3.05, 3.63) is 57.1 Å². The van der Waals surface area contributed by atoms with Gasteiger partial charge in [0.15, 0.2) is 5.13 Å². The minimum absolute atomic E-state index is 0.0248. The highest BCUT2D eigenvalue weighted by molar-refractivity contribution is 7.13. The van der Waals surface area contributed by atoms with Crippen molar-refractivity contribution < 1.29 is 14.1 Å². The van der Waals surface area contributed by atoms with Crippen LogP contribution in [0.25, 0.3) is 11.0 Å². The summed E-state index contributed by atoms with van der Waals surface area (Å²) < 4.78 is 5.23. The first kappa shape index (κ1) is 13.9. The van der Waals surface area contributed by atoms with E-state index in [1.807, 2.05) is 0 Å². The van der Waals surface area contributed by atoms with Gasteiger partial charge in [-0.25, -0.2) is 4.98 Å². The molecule has 22 heavy (non-hydrogen) atoms. The number of nitro benzene ring substituents is 1. The summed E-state index contributed by atoms with van der Waals surface area (Å²) in [5.74, 6) is -0.558. The molecule has 0 bridgehead atoms. The Hall–Kier alpha value is -3.07. The van der Waals surface area contributed by atoms with Crippen molar-refractivity contribution in [3.63, 3.8) is 0 Å². The third-order valence-electron chi connectivity index (χ3n) is 2.86. The van der Waals surface area contributed by atoms with E-state index in [1.54, 1.807) is 5.38 Å². The zero-order valence-electron chi connectivity index (χ0n) is 10.9. The molecule has 1 amide bonds. The standard InChI is InChI=1S/C13H8N4O4S/c14-11-9(12(18)16-13-15-3-4-22-13)6-7-5-8(17(19)20)1-2-10(7)21-11/h1-6,14H,(H,15,16,18). The Morgan fingerprint density at radius 2 is 2.23 bits per heavy atom. The molecule has 0 fully saturated rings. The van der Waals surface area contributed by atoms with Crippen LogP contribution in [0.5, 0.6) is 0 Å². The Balaban J connectivity index is 2.05. The molecule has 0 saturated heterocycles. The van der Waals surface area contributed by atoms with Gasteiger partial charge in [-0.3, -0.25) is 25.6 Å². The van der Waals surface area contributed by atoms with Crippen LogP contribution in [-0.4, -0.2) is 15.8 Å². The summed E-state index contributed by atoms with van der Waals surface area (Å²) in [4.78, 5) is 26.3. The maximum atomic E-state index is 12.1. The lowest BCUT2D eigenvalue weighted by Gasteiger charge is -2.03. The number of benzene rings is 1. The van der Waals surface area contributed by atoms with E-state index in [2.05, 4.69) is 10.3 Å². The van der Waals surface area contributed by atoms with Gasteiger partial charge in [0.25, 0.3) is 11.6 Å². The van der Waals surface area contributed by atoms with Crippen LogP contribution < -0.4 is 10.9 Å². The second-order valence-corrected chi connectivity index (χ2v) is 5.15. The third-order valence-corrected chi connectivity index (χ3v) is 3.55. The first-order chi connectivity index (χ1) is 10.5. The van der Waals surface area contributed by atoms with Gasteiger partial charge in [-0.1, -0.05) is 0 Å². The molecule has 2 N–H and O–H groups in total. The van der Waals surface area contributed by atoms with Gasteiger partial charge < -0.3 is 4.42 Å². The van der Waals surface area contributed by atoms with Crippen molar-refractivity contribution in [2.24, 2.45) is 0 Å². The first-order valence-electron chi connectivity index (χ1n) is 6.02. The number of nitro groups is 1. The fourth-order valence-corrected chi connectivity index (χ4v) is 2.38. The molecule has 0 unspecified atom stereocenters. The lowest BCUT2D eigenvalue weighted by Crippen LogP contribution is -2.20. The molecule has 1 aromatic carbocycles. The summed E-state index contributed by atoms with van der Waals surface area (Å²) in [6, 6.07) is 5.35. The molecule has 0 spiro atoms. The second kappa shape index (κ2) is 5.37. The molecule has 3 aromatic rings. The Morgan fingerprint density at radius 3 is 2.91 bits per heavy atom. The molecule has 0 aliphatic carbocycles. The maximum absolute atomic E-state index is 12.1. The molecule has 3 rings (SSSR count). The van der Waals surface area contributed by atoms with Gasteiger partial charge in [-0.2, -0.15) is 0 Å². The topological polar surface area (TPSA) is 122 Å². The first-order valence-corrected chi connectivity index (χ1v) is 6.90. The lowest BCUT2D eigenvalue weighted by atomic mass is 10.1. The summed E-state index contributed by atoms with van der Waals surface area (Å²) in [7, 11) is 0. The quantitative estimate of drug-likeness (QED) is 0.568. The number of nitrogens with zero attached hydrogens (tertiary/aromatic N) is 2. The average molecular weight is 316 g/mol. The number of non-ortho nitro benzene ring substituents is 1. The van der Waals surface area contributed by atoms with Crippen molar-refractivity contribution in [1.29, 1.82) is 5.41 Å². The van der Waals surface area contributed by atoms with E-state index >= 15 is 0 Å². The lowest BCUT2D eigenvalue weighted by molar-refractivity contribution is -0.384. The Morgan fingerprint density at radius 1 is 1.41 bits per heavy atom. The molecule has 9 heteroatoms. The molecule has 8 nitrogen and oxygen atoms in total. The highest BCUT2D eigenvalue weighted by Crippen LogP contribution is 2.21. The molecule has 2 aromatic heterocycles. The SMILES string of the molecule is N=c1oc2ccc([N+](=O)[O-])cc2cc1C(=O)Nc1nccs1. The molecule has 2 heterocycles. The zero-order chi connectivity index (χ0) is 15.7. The number of amides is 1. The molecule has 0 atom stereocenters. The largest absolute Gasteiger partial charge is 0.438 e. The minimum atomic E-state index is -0.558. The number of carbonyl (C=O) groups is 1. The normalized spacial score (nSPS) is 10.5. The summed E-state index contributed by atoms with van der Waals surface area (Å²) in [5, 5.41) is 23.6. The number of hydrogen-bond donors (Lipinski definition) is 2. The Bertz CT molecular complexity index is 933. The van der Waals surface area contributed by atoms with Gasteiger partial charge in [0, 0.05) is 29.1 Å². The average Bonchev–Trinajstić information content (AvgIpc) is 2.98. The fourth-order valence-electron chi connectivity index (χ4n) is 1.86. The van der Waals surface area contributed by atoms with Gasteiger partial charge in [-0.15, -0.1) is 11.3 Å². The van der Waals surface area contributed by atoms with E-state index in [4.69, 9.17) is 9.83 Å². The molecule has 0 radical (unpaired) electrons. The predicted molar refractivity (Wildman–Crippen MR) is 78.8 cm³/mol.